The molecule has 2 aliphatic rings. The van der Waals surface area contributed by atoms with E-state index < -0.39 is 0 Å². The molecule has 0 aromatic heterocycles. The smallest absolute Gasteiger partial charge is 0.338 e. The Labute approximate surface area is 156 Å². The largest absolute Gasteiger partial charge is 0.457 e. The van der Waals surface area contributed by atoms with E-state index in [1.165, 1.54) is 12.1 Å². The molecule has 0 bridgehead atoms. The van der Waals surface area contributed by atoms with Gasteiger partial charge in [-0.15, -0.1) is 0 Å². The SMILES string of the molecule is O=C(NC[C@H]1CCN(c2ccc(F)cc2)C1)Nc1ccc2c(c1)C(=O)OC2. The van der Waals surface area contributed by atoms with Gasteiger partial charge in [-0.05, 0) is 48.7 Å². The van der Waals surface area contributed by atoms with Crippen LogP contribution in [0.15, 0.2) is 42.5 Å². The van der Waals surface area contributed by atoms with Gasteiger partial charge in [0.2, 0.25) is 0 Å². The number of urea groups is 1. The van der Waals surface area contributed by atoms with Crippen molar-refractivity contribution < 1.29 is 18.7 Å². The number of cyclic esters (lactones) is 1. The van der Waals surface area contributed by atoms with Gasteiger partial charge in [0, 0.05) is 36.6 Å². The molecule has 0 spiro atoms. The first kappa shape index (κ1) is 17.3. The number of ether oxygens (including phenoxy) is 1. The summed E-state index contributed by atoms with van der Waals surface area (Å²) < 4.78 is 18.0. The average Bonchev–Trinajstić information content (AvgIpc) is 3.28. The monoisotopic (exact) mass is 369 g/mol. The Balaban J connectivity index is 1.27. The summed E-state index contributed by atoms with van der Waals surface area (Å²) in [5.41, 5.74) is 2.88. The van der Waals surface area contributed by atoms with Crippen LogP contribution in [0.1, 0.15) is 22.3 Å². The molecule has 0 saturated carbocycles. The second-order valence-electron chi connectivity index (χ2n) is 6.86. The fourth-order valence-electron chi connectivity index (χ4n) is 3.49. The molecule has 1 saturated heterocycles. The third kappa shape index (κ3) is 3.86. The number of carbonyl (C=O) groups is 2. The minimum Gasteiger partial charge on any atom is -0.457 e. The molecule has 2 amide bonds. The molecule has 7 heteroatoms. The maximum atomic E-state index is 13.0. The highest BCUT2D eigenvalue weighted by Crippen LogP contribution is 2.24. The minimum atomic E-state index is -0.360. The Morgan fingerprint density at radius 1 is 1.22 bits per heavy atom. The van der Waals surface area contributed by atoms with Crippen LogP contribution in [0, 0.1) is 11.7 Å². The molecule has 1 fully saturated rings. The van der Waals surface area contributed by atoms with Gasteiger partial charge >= 0.3 is 12.0 Å². The topological polar surface area (TPSA) is 70.7 Å². The van der Waals surface area contributed by atoms with Crippen molar-refractivity contribution in [2.75, 3.05) is 29.9 Å². The molecule has 27 heavy (non-hydrogen) atoms. The number of halogens is 1. The molecule has 0 radical (unpaired) electrons. The maximum Gasteiger partial charge on any atom is 0.338 e. The molecular weight excluding hydrogens is 349 g/mol. The van der Waals surface area contributed by atoms with Gasteiger partial charge in [0.15, 0.2) is 0 Å². The van der Waals surface area contributed by atoms with E-state index in [0.29, 0.717) is 23.7 Å². The van der Waals surface area contributed by atoms with E-state index in [0.717, 1.165) is 30.8 Å². The number of hydrogen-bond donors (Lipinski definition) is 2. The second-order valence-corrected chi connectivity index (χ2v) is 6.86. The molecule has 2 aromatic carbocycles. The van der Waals surface area contributed by atoms with Crippen LogP contribution in [0.4, 0.5) is 20.6 Å². The van der Waals surface area contributed by atoms with Crippen LogP contribution in [0.25, 0.3) is 0 Å². The van der Waals surface area contributed by atoms with Crippen LogP contribution in [-0.4, -0.2) is 31.6 Å². The van der Waals surface area contributed by atoms with Crippen molar-refractivity contribution in [1.82, 2.24) is 5.32 Å². The summed E-state index contributed by atoms with van der Waals surface area (Å²) in [4.78, 5) is 25.9. The number of benzene rings is 2. The fraction of sp³-hybridized carbons (Fsp3) is 0.300. The van der Waals surface area contributed by atoms with Crippen molar-refractivity contribution in [3.8, 4) is 0 Å². The van der Waals surface area contributed by atoms with Crippen LogP contribution < -0.4 is 15.5 Å². The Hall–Kier alpha value is -3.09. The van der Waals surface area contributed by atoms with Crippen LogP contribution >= 0.6 is 0 Å². The molecule has 2 heterocycles. The molecule has 0 aliphatic carbocycles. The zero-order valence-corrected chi connectivity index (χ0v) is 14.7. The van der Waals surface area contributed by atoms with Crippen molar-refractivity contribution in [2.45, 2.75) is 13.0 Å². The van der Waals surface area contributed by atoms with E-state index in [1.807, 2.05) is 0 Å². The second kappa shape index (κ2) is 7.26. The summed E-state index contributed by atoms with van der Waals surface area (Å²) >= 11 is 0. The Bertz CT molecular complexity index is 869. The molecular formula is C20H20FN3O3. The third-order valence-electron chi connectivity index (χ3n) is 4.98. The van der Waals surface area contributed by atoms with E-state index in [2.05, 4.69) is 15.5 Å². The number of nitrogens with one attached hydrogen (secondary N) is 2. The van der Waals surface area contributed by atoms with Gasteiger partial charge in [0.1, 0.15) is 12.4 Å². The van der Waals surface area contributed by atoms with Gasteiger partial charge in [-0.25, -0.2) is 14.0 Å². The first-order valence-electron chi connectivity index (χ1n) is 8.94. The molecule has 4 rings (SSSR count). The molecule has 2 aromatic rings. The van der Waals surface area contributed by atoms with Gasteiger partial charge < -0.3 is 20.3 Å². The van der Waals surface area contributed by atoms with Crippen molar-refractivity contribution in [2.24, 2.45) is 5.92 Å². The number of hydrogen-bond acceptors (Lipinski definition) is 4. The number of anilines is 2. The fourth-order valence-corrected chi connectivity index (χ4v) is 3.49. The summed E-state index contributed by atoms with van der Waals surface area (Å²) in [7, 11) is 0. The minimum absolute atomic E-state index is 0.243. The normalized spacial score (nSPS) is 18.2. The average molecular weight is 369 g/mol. The molecule has 2 aliphatic heterocycles. The van der Waals surface area contributed by atoms with Crippen molar-refractivity contribution >= 4 is 23.4 Å². The van der Waals surface area contributed by atoms with E-state index in [-0.39, 0.29) is 24.4 Å². The highest BCUT2D eigenvalue weighted by atomic mass is 19.1. The highest BCUT2D eigenvalue weighted by molar-refractivity contribution is 5.96. The molecule has 140 valence electrons. The first-order chi connectivity index (χ1) is 13.1. The van der Waals surface area contributed by atoms with Crippen molar-refractivity contribution in [3.05, 3.63) is 59.4 Å². The lowest BCUT2D eigenvalue weighted by molar-refractivity contribution is 0.0535. The van der Waals surface area contributed by atoms with E-state index in [9.17, 15) is 14.0 Å². The molecule has 0 unspecified atom stereocenters. The maximum absolute atomic E-state index is 13.0. The molecule has 1 atom stereocenters. The lowest BCUT2D eigenvalue weighted by Crippen LogP contribution is -2.34. The zero-order valence-electron chi connectivity index (χ0n) is 14.7. The van der Waals surface area contributed by atoms with Crippen LogP contribution in [0.5, 0.6) is 0 Å². The number of amides is 2. The first-order valence-corrected chi connectivity index (χ1v) is 8.94. The van der Waals surface area contributed by atoms with Crippen LogP contribution in [0.3, 0.4) is 0 Å². The lowest BCUT2D eigenvalue weighted by Gasteiger charge is -2.19. The molecule has 2 N–H and O–H groups in total. The standard InChI is InChI=1S/C20H20FN3O3/c21-15-2-5-17(6-3-15)24-8-7-13(11-24)10-22-20(26)23-16-4-1-14-12-27-19(25)18(14)9-16/h1-6,9,13H,7-8,10-12H2,(H2,22,23,26)/t13-/m1/s1. The Morgan fingerprint density at radius 2 is 2.04 bits per heavy atom. The zero-order chi connectivity index (χ0) is 18.8. The summed E-state index contributed by atoms with van der Waals surface area (Å²) in [6.07, 6.45) is 0.961. The number of carbonyl (C=O) groups excluding carboxylic acids is 2. The number of nitrogens with zero attached hydrogens (tertiary/aromatic N) is 1. The highest BCUT2D eigenvalue weighted by Gasteiger charge is 2.24. The predicted molar refractivity (Wildman–Crippen MR) is 99.3 cm³/mol. The van der Waals surface area contributed by atoms with Crippen molar-refractivity contribution in [3.63, 3.8) is 0 Å². The summed E-state index contributed by atoms with van der Waals surface area (Å²) in [5.74, 6) is -0.274. The quantitative estimate of drug-likeness (QED) is 0.813. The van der Waals surface area contributed by atoms with Crippen LogP contribution in [0.2, 0.25) is 0 Å². The third-order valence-corrected chi connectivity index (χ3v) is 4.98. The number of esters is 1. The van der Waals surface area contributed by atoms with Gasteiger partial charge in [-0.1, -0.05) is 6.07 Å². The Kier molecular flexibility index (Phi) is 4.66. The van der Waals surface area contributed by atoms with Crippen molar-refractivity contribution in [1.29, 1.82) is 0 Å². The molecule has 6 nitrogen and oxygen atoms in total. The predicted octanol–water partition coefficient (Wildman–Crippen LogP) is 3.14. The summed E-state index contributed by atoms with van der Waals surface area (Å²) in [6.45, 7) is 2.53. The Morgan fingerprint density at radius 3 is 2.85 bits per heavy atom. The van der Waals surface area contributed by atoms with Gasteiger partial charge in [0.25, 0.3) is 0 Å². The number of rotatable bonds is 4. The van der Waals surface area contributed by atoms with E-state index in [4.69, 9.17) is 4.74 Å². The van der Waals surface area contributed by atoms with E-state index in [1.54, 1.807) is 30.3 Å². The number of fused-ring (bicyclic) bond motifs is 1. The summed E-state index contributed by atoms with van der Waals surface area (Å²) in [6, 6.07) is 11.3. The van der Waals surface area contributed by atoms with Gasteiger partial charge in [-0.3, -0.25) is 0 Å². The lowest BCUT2D eigenvalue weighted by atomic mass is 10.1. The van der Waals surface area contributed by atoms with Gasteiger partial charge in [-0.2, -0.15) is 0 Å². The summed E-state index contributed by atoms with van der Waals surface area (Å²) in [5, 5.41) is 5.63. The van der Waals surface area contributed by atoms with E-state index >= 15 is 0 Å². The van der Waals surface area contributed by atoms with Crippen LogP contribution in [-0.2, 0) is 11.3 Å². The van der Waals surface area contributed by atoms with Gasteiger partial charge in [0.05, 0.1) is 5.56 Å².